The van der Waals surface area contributed by atoms with E-state index in [4.69, 9.17) is 17.3 Å². The van der Waals surface area contributed by atoms with Gasteiger partial charge in [-0.2, -0.15) is 0 Å². The van der Waals surface area contributed by atoms with E-state index in [2.05, 4.69) is 10.3 Å². The van der Waals surface area contributed by atoms with E-state index in [1.807, 2.05) is 24.3 Å². The van der Waals surface area contributed by atoms with Gasteiger partial charge in [0.05, 0.1) is 6.54 Å². The van der Waals surface area contributed by atoms with Gasteiger partial charge in [0.2, 0.25) is 5.91 Å². The Bertz CT molecular complexity index is 556. The first-order valence-electron chi connectivity index (χ1n) is 5.36. The molecule has 0 spiro atoms. The van der Waals surface area contributed by atoms with Crippen LogP contribution in [0.2, 0.25) is 5.02 Å². The third kappa shape index (κ3) is 3.53. The molecule has 2 rings (SSSR count). The smallest absolute Gasteiger partial charge is 0.239 e. The van der Waals surface area contributed by atoms with E-state index >= 15 is 0 Å². The van der Waals surface area contributed by atoms with E-state index in [0.29, 0.717) is 10.2 Å². The van der Waals surface area contributed by atoms with E-state index < -0.39 is 0 Å². The molecule has 1 aromatic carbocycles. The molecule has 4 nitrogen and oxygen atoms in total. The van der Waals surface area contributed by atoms with Gasteiger partial charge in [0.1, 0.15) is 0 Å². The van der Waals surface area contributed by atoms with Crippen LogP contribution in [0, 0.1) is 0 Å². The van der Waals surface area contributed by atoms with Crippen molar-refractivity contribution in [1.82, 2.24) is 4.98 Å². The molecule has 2 aromatic rings. The fraction of sp³-hybridized carbons (Fsp3) is 0.167. The summed E-state index contributed by atoms with van der Waals surface area (Å²) >= 11 is 7.36. The summed E-state index contributed by atoms with van der Waals surface area (Å²) in [5, 5.41) is 3.91. The van der Waals surface area contributed by atoms with Gasteiger partial charge in [-0.1, -0.05) is 23.7 Å². The highest BCUT2D eigenvalue weighted by atomic mass is 35.5. The zero-order chi connectivity index (χ0) is 13.0. The Hall–Kier alpha value is -1.43. The molecule has 0 saturated heterocycles. The molecular weight excluding hydrogens is 270 g/mol. The fourth-order valence-corrected chi connectivity index (χ4v) is 2.54. The third-order valence-electron chi connectivity index (χ3n) is 2.25. The Labute approximate surface area is 114 Å². The highest BCUT2D eigenvalue weighted by Gasteiger charge is 2.06. The van der Waals surface area contributed by atoms with Gasteiger partial charge in [-0.15, -0.1) is 11.3 Å². The van der Waals surface area contributed by atoms with E-state index in [9.17, 15) is 4.79 Å². The molecule has 1 amide bonds. The second-order valence-corrected chi connectivity index (χ2v) is 5.24. The summed E-state index contributed by atoms with van der Waals surface area (Å²) in [6.07, 6.45) is 2.49. The second kappa shape index (κ2) is 5.95. The van der Waals surface area contributed by atoms with Crippen LogP contribution in [0.4, 0.5) is 5.13 Å². The number of carbonyl (C=O) groups is 1. The van der Waals surface area contributed by atoms with E-state index in [1.54, 1.807) is 6.20 Å². The Kier molecular flexibility index (Phi) is 4.30. The maximum Gasteiger partial charge on any atom is 0.239 e. The second-order valence-electron chi connectivity index (χ2n) is 3.69. The predicted octanol–water partition coefficient (Wildman–Crippen LogP) is 2.28. The molecule has 0 saturated carbocycles. The minimum Gasteiger partial charge on any atom is -0.322 e. The van der Waals surface area contributed by atoms with Crippen LogP contribution in [0.15, 0.2) is 30.5 Å². The normalized spacial score (nSPS) is 10.3. The van der Waals surface area contributed by atoms with Crippen LogP contribution in [0.5, 0.6) is 0 Å². The zero-order valence-electron chi connectivity index (χ0n) is 9.52. The lowest BCUT2D eigenvalue weighted by Crippen LogP contribution is -2.21. The van der Waals surface area contributed by atoms with Crippen molar-refractivity contribution in [1.29, 1.82) is 0 Å². The Morgan fingerprint density at radius 1 is 1.50 bits per heavy atom. The van der Waals surface area contributed by atoms with Gasteiger partial charge in [0, 0.05) is 22.5 Å². The summed E-state index contributed by atoms with van der Waals surface area (Å²) in [5.41, 5.74) is 6.33. The van der Waals surface area contributed by atoms with Crippen molar-refractivity contribution in [2.75, 3.05) is 11.9 Å². The van der Waals surface area contributed by atoms with Gasteiger partial charge in [0.25, 0.3) is 0 Å². The molecule has 94 valence electrons. The number of aromatic nitrogens is 1. The van der Waals surface area contributed by atoms with Gasteiger partial charge >= 0.3 is 0 Å². The molecule has 0 aliphatic heterocycles. The van der Waals surface area contributed by atoms with Crippen LogP contribution in [0.25, 0.3) is 0 Å². The predicted molar refractivity (Wildman–Crippen MR) is 74.1 cm³/mol. The topological polar surface area (TPSA) is 68.0 Å². The number of benzene rings is 1. The highest BCUT2D eigenvalue weighted by Crippen LogP contribution is 2.22. The van der Waals surface area contributed by atoms with E-state index in [0.717, 1.165) is 16.9 Å². The molecule has 0 aliphatic carbocycles. The molecule has 0 aliphatic rings. The van der Waals surface area contributed by atoms with Crippen LogP contribution < -0.4 is 11.1 Å². The number of nitrogens with two attached hydrogens (primary N) is 1. The minimum atomic E-state index is -0.237. The zero-order valence-corrected chi connectivity index (χ0v) is 11.1. The van der Waals surface area contributed by atoms with Gasteiger partial charge in [-0.25, -0.2) is 4.98 Å². The standard InChI is InChI=1S/C12H12ClN3OS/c13-9-3-1-2-8(4-9)5-10-7-15-12(18-10)16-11(17)6-14/h1-4,7H,5-6,14H2,(H,15,16,17). The number of thiazole rings is 1. The van der Waals surface area contributed by atoms with Gasteiger partial charge in [-0.05, 0) is 17.7 Å². The minimum absolute atomic E-state index is 0.0385. The molecule has 0 atom stereocenters. The summed E-state index contributed by atoms with van der Waals surface area (Å²) in [4.78, 5) is 16.3. The van der Waals surface area contributed by atoms with Crippen LogP contribution in [0.3, 0.4) is 0 Å². The summed E-state index contributed by atoms with van der Waals surface area (Å²) < 4.78 is 0. The van der Waals surface area contributed by atoms with Crippen molar-refractivity contribution in [3.8, 4) is 0 Å². The van der Waals surface area contributed by atoms with Crippen LogP contribution in [0.1, 0.15) is 10.4 Å². The summed E-state index contributed by atoms with van der Waals surface area (Å²) in [5.74, 6) is -0.237. The fourth-order valence-electron chi connectivity index (χ4n) is 1.47. The monoisotopic (exact) mass is 281 g/mol. The van der Waals surface area contributed by atoms with Crippen molar-refractivity contribution in [2.45, 2.75) is 6.42 Å². The number of rotatable bonds is 4. The van der Waals surface area contributed by atoms with Crippen molar-refractivity contribution in [3.63, 3.8) is 0 Å². The largest absolute Gasteiger partial charge is 0.322 e. The van der Waals surface area contributed by atoms with Gasteiger partial charge in [-0.3, -0.25) is 4.79 Å². The lowest BCUT2D eigenvalue weighted by Gasteiger charge is -1.99. The Morgan fingerprint density at radius 3 is 3.06 bits per heavy atom. The number of nitrogens with one attached hydrogen (secondary N) is 1. The first-order chi connectivity index (χ1) is 8.67. The third-order valence-corrected chi connectivity index (χ3v) is 3.40. The van der Waals surface area contributed by atoms with Crippen LogP contribution in [-0.2, 0) is 11.2 Å². The lowest BCUT2D eigenvalue weighted by atomic mass is 10.1. The maximum atomic E-state index is 11.1. The molecule has 3 N–H and O–H groups in total. The molecule has 0 bridgehead atoms. The molecule has 6 heteroatoms. The van der Waals surface area contributed by atoms with Crippen molar-refractivity contribution in [3.05, 3.63) is 45.9 Å². The van der Waals surface area contributed by atoms with E-state index in [1.165, 1.54) is 11.3 Å². The van der Waals surface area contributed by atoms with Crippen LogP contribution in [-0.4, -0.2) is 17.4 Å². The molecule has 1 heterocycles. The Balaban J connectivity index is 2.04. The molecule has 18 heavy (non-hydrogen) atoms. The van der Waals surface area contributed by atoms with Gasteiger partial charge < -0.3 is 11.1 Å². The molecule has 0 radical (unpaired) electrons. The quantitative estimate of drug-likeness (QED) is 0.903. The molecule has 0 unspecified atom stereocenters. The van der Waals surface area contributed by atoms with E-state index in [-0.39, 0.29) is 12.5 Å². The van der Waals surface area contributed by atoms with Crippen LogP contribution >= 0.6 is 22.9 Å². The summed E-state index contributed by atoms with van der Waals surface area (Å²) in [6.45, 7) is -0.0385. The van der Waals surface area contributed by atoms with Crippen molar-refractivity contribution in [2.24, 2.45) is 5.73 Å². The number of hydrogen-bond acceptors (Lipinski definition) is 4. The SMILES string of the molecule is NCC(=O)Nc1ncc(Cc2cccc(Cl)c2)s1. The average Bonchev–Trinajstić information content (AvgIpc) is 2.76. The number of carbonyl (C=O) groups excluding carboxylic acids is 1. The number of hydrogen-bond donors (Lipinski definition) is 2. The maximum absolute atomic E-state index is 11.1. The lowest BCUT2D eigenvalue weighted by molar-refractivity contribution is -0.114. The number of anilines is 1. The molecule has 1 aromatic heterocycles. The summed E-state index contributed by atoms with van der Waals surface area (Å²) in [6, 6.07) is 7.67. The average molecular weight is 282 g/mol. The number of halogens is 1. The summed E-state index contributed by atoms with van der Waals surface area (Å²) in [7, 11) is 0. The number of amides is 1. The van der Waals surface area contributed by atoms with Crippen molar-refractivity contribution < 1.29 is 4.79 Å². The Morgan fingerprint density at radius 2 is 2.33 bits per heavy atom. The molecular formula is C12H12ClN3OS. The van der Waals surface area contributed by atoms with Gasteiger partial charge in [0.15, 0.2) is 5.13 Å². The highest BCUT2D eigenvalue weighted by molar-refractivity contribution is 7.15. The van der Waals surface area contributed by atoms with Crippen molar-refractivity contribution >= 4 is 34.0 Å². The first-order valence-corrected chi connectivity index (χ1v) is 6.56. The number of nitrogens with zero attached hydrogens (tertiary/aromatic N) is 1. The molecule has 0 fully saturated rings. The first kappa shape index (κ1) is 13.0.